The molecule has 2 aromatic heterocycles. The Hall–Kier alpha value is -3.09. The number of urea groups is 1. The molecule has 0 saturated heterocycles. The molecule has 7 nitrogen and oxygen atoms in total. The van der Waals surface area contributed by atoms with Crippen LogP contribution in [-0.4, -0.2) is 20.8 Å². The lowest BCUT2D eigenvalue weighted by Crippen LogP contribution is -2.28. The molecule has 23 heavy (non-hydrogen) atoms. The summed E-state index contributed by atoms with van der Waals surface area (Å²) in [4.78, 5) is 16.4. The Morgan fingerprint density at radius 3 is 2.74 bits per heavy atom. The van der Waals surface area contributed by atoms with Crippen molar-refractivity contribution in [3.63, 3.8) is 0 Å². The van der Waals surface area contributed by atoms with Crippen LogP contribution in [0.4, 0.5) is 10.5 Å². The predicted molar refractivity (Wildman–Crippen MR) is 85.4 cm³/mol. The van der Waals surface area contributed by atoms with E-state index in [-0.39, 0.29) is 6.03 Å². The number of aromatic nitrogens is 3. The molecule has 1 aromatic carbocycles. The molecule has 0 aliphatic rings. The van der Waals surface area contributed by atoms with Crippen LogP contribution < -0.4 is 10.6 Å². The van der Waals surface area contributed by atoms with Gasteiger partial charge in [-0.25, -0.2) is 14.5 Å². The van der Waals surface area contributed by atoms with E-state index in [1.54, 1.807) is 23.1 Å². The minimum absolute atomic E-state index is 0.316. The lowest BCUT2D eigenvalue weighted by Gasteiger charge is -2.12. The molecule has 2 amide bonds. The van der Waals surface area contributed by atoms with Crippen molar-refractivity contribution in [2.24, 2.45) is 0 Å². The van der Waals surface area contributed by atoms with Crippen LogP contribution in [0, 0.1) is 13.8 Å². The summed E-state index contributed by atoms with van der Waals surface area (Å²) in [6.07, 6.45) is 1.57. The van der Waals surface area contributed by atoms with Gasteiger partial charge in [0.05, 0.1) is 24.2 Å². The van der Waals surface area contributed by atoms with E-state index in [1.165, 1.54) is 0 Å². The zero-order valence-corrected chi connectivity index (χ0v) is 12.9. The van der Waals surface area contributed by atoms with E-state index >= 15 is 0 Å². The molecule has 3 rings (SSSR count). The monoisotopic (exact) mass is 311 g/mol. The third kappa shape index (κ3) is 3.39. The van der Waals surface area contributed by atoms with Crippen molar-refractivity contribution in [1.29, 1.82) is 0 Å². The van der Waals surface area contributed by atoms with Crippen LogP contribution in [0.1, 0.15) is 17.4 Å². The van der Waals surface area contributed by atoms with Crippen molar-refractivity contribution < 1.29 is 9.21 Å². The first kappa shape index (κ1) is 14.8. The van der Waals surface area contributed by atoms with Crippen molar-refractivity contribution in [2.45, 2.75) is 20.4 Å². The Morgan fingerprint density at radius 2 is 2.04 bits per heavy atom. The maximum atomic E-state index is 12.1. The number of carbonyl (C=O) groups excluding carboxylic acids is 1. The Morgan fingerprint density at radius 1 is 1.22 bits per heavy atom. The van der Waals surface area contributed by atoms with Gasteiger partial charge in [-0.2, -0.15) is 5.10 Å². The molecule has 0 atom stereocenters. The number of hydrogen-bond acceptors (Lipinski definition) is 4. The van der Waals surface area contributed by atoms with E-state index in [2.05, 4.69) is 20.7 Å². The van der Waals surface area contributed by atoms with Gasteiger partial charge in [0.1, 0.15) is 17.4 Å². The van der Waals surface area contributed by atoms with Gasteiger partial charge in [0, 0.05) is 0 Å². The van der Waals surface area contributed by atoms with Gasteiger partial charge in [-0.3, -0.25) is 0 Å². The fourth-order valence-corrected chi connectivity index (χ4v) is 2.26. The number of amides is 2. The van der Waals surface area contributed by atoms with E-state index < -0.39 is 0 Å². The van der Waals surface area contributed by atoms with E-state index in [0.717, 1.165) is 11.5 Å². The first-order chi connectivity index (χ1) is 11.1. The minimum Gasteiger partial charge on any atom is -0.467 e. The molecular formula is C16H17N5O2. The summed E-state index contributed by atoms with van der Waals surface area (Å²) >= 11 is 0. The highest BCUT2D eigenvalue weighted by molar-refractivity contribution is 5.91. The summed E-state index contributed by atoms with van der Waals surface area (Å²) in [5, 5.41) is 9.92. The van der Waals surface area contributed by atoms with Gasteiger partial charge in [-0.05, 0) is 38.1 Å². The van der Waals surface area contributed by atoms with Crippen LogP contribution in [0.25, 0.3) is 5.69 Å². The third-order valence-electron chi connectivity index (χ3n) is 3.26. The summed E-state index contributed by atoms with van der Waals surface area (Å²) in [6.45, 7) is 4.02. The standard InChI is InChI=1S/C16H17N5O2/c1-11-18-12(2)21(20-11)15-8-4-3-7-14(15)19-16(22)17-10-13-6-5-9-23-13/h3-9H,10H2,1-2H3,(H2,17,19,22). The first-order valence-corrected chi connectivity index (χ1v) is 7.20. The largest absolute Gasteiger partial charge is 0.467 e. The van der Waals surface area contributed by atoms with Gasteiger partial charge in [0.25, 0.3) is 0 Å². The van der Waals surface area contributed by atoms with Crippen molar-refractivity contribution in [3.8, 4) is 5.69 Å². The second-order valence-corrected chi connectivity index (χ2v) is 5.02. The van der Waals surface area contributed by atoms with Gasteiger partial charge >= 0.3 is 6.03 Å². The highest BCUT2D eigenvalue weighted by Crippen LogP contribution is 2.20. The average Bonchev–Trinajstić information content (AvgIpc) is 3.15. The van der Waals surface area contributed by atoms with Crippen LogP contribution in [0.2, 0.25) is 0 Å². The Kier molecular flexibility index (Phi) is 4.09. The van der Waals surface area contributed by atoms with Crippen molar-refractivity contribution >= 4 is 11.7 Å². The number of carbonyl (C=O) groups is 1. The maximum absolute atomic E-state index is 12.1. The number of rotatable bonds is 4. The predicted octanol–water partition coefficient (Wildman–Crippen LogP) is 2.80. The van der Waals surface area contributed by atoms with Crippen LogP contribution in [0.5, 0.6) is 0 Å². The van der Waals surface area contributed by atoms with Gasteiger partial charge < -0.3 is 15.1 Å². The van der Waals surface area contributed by atoms with Crippen LogP contribution in [-0.2, 0) is 6.54 Å². The third-order valence-corrected chi connectivity index (χ3v) is 3.26. The number of para-hydroxylation sites is 2. The van der Waals surface area contributed by atoms with Crippen molar-refractivity contribution in [3.05, 3.63) is 60.1 Å². The summed E-state index contributed by atoms with van der Waals surface area (Å²) in [6, 6.07) is 10.7. The molecule has 0 radical (unpaired) electrons. The molecule has 0 saturated carbocycles. The van der Waals surface area contributed by atoms with Crippen molar-refractivity contribution in [1.82, 2.24) is 20.1 Å². The number of nitrogens with zero attached hydrogens (tertiary/aromatic N) is 3. The van der Waals surface area contributed by atoms with Gasteiger partial charge in [0.2, 0.25) is 0 Å². The first-order valence-electron chi connectivity index (χ1n) is 7.20. The summed E-state index contributed by atoms with van der Waals surface area (Å²) in [5.41, 5.74) is 1.41. The van der Waals surface area contributed by atoms with E-state index in [9.17, 15) is 4.79 Å². The molecule has 118 valence electrons. The van der Waals surface area contributed by atoms with Crippen LogP contribution >= 0.6 is 0 Å². The minimum atomic E-state index is -0.316. The second-order valence-electron chi connectivity index (χ2n) is 5.02. The fourth-order valence-electron chi connectivity index (χ4n) is 2.26. The lowest BCUT2D eigenvalue weighted by molar-refractivity contribution is 0.251. The highest BCUT2D eigenvalue weighted by Gasteiger charge is 2.11. The molecule has 2 N–H and O–H groups in total. The number of aryl methyl sites for hydroxylation is 2. The van der Waals surface area contributed by atoms with Crippen LogP contribution in [0.3, 0.4) is 0 Å². The zero-order chi connectivity index (χ0) is 16.2. The Labute approximate surface area is 133 Å². The SMILES string of the molecule is Cc1nc(C)n(-c2ccccc2NC(=O)NCc2ccco2)n1. The molecule has 7 heteroatoms. The van der Waals surface area contributed by atoms with Gasteiger partial charge in [-0.1, -0.05) is 12.1 Å². The molecule has 0 bridgehead atoms. The maximum Gasteiger partial charge on any atom is 0.319 e. The molecule has 0 unspecified atom stereocenters. The molecule has 0 fully saturated rings. The topological polar surface area (TPSA) is 85.0 Å². The quantitative estimate of drug-likeness (QED) is 0.776. The summed E-state index contributed by atoms with van der Waals surface area (Å²) < 4.78 is 6.89. The number of nitrogens with one attached hydrogen (secondary N) is 2. The summed E-state index contributed by atoms with van der Waals surface area (Å²) in [7, 11) is 0. The van der Waals surface area contributed by atoms with Crippen molar-refractivity contribution in [2.75, 3.05) is 5.32 Å². The normalized spacial score (nSPS) is 10.5. The number of hydrogen-bond donors (Lipinski definition) is 2. The number of benzene rings is 1. The lowest BCUT2D eigenvalue weighted by atomic mass is 10.2. The van der Waals surface area contributed by atoms with Crippen LogP contribution in [0.15, 0.2) is 47.1 Å². The van der Waals surface area contributed by atoms with Gasteiger partial charge in [-0.15, -0.1) is 0 Å². The Bertz CT molecular complexity index is 808. The fraction of sp³-hybridized carbons (Fsp3) is 0.188. The van der Waals surface area contributed by atoms with E-state index in [0.29, 0.717) is 23.8 Å². The molecule has 3 aromatic rings. The van der Waals surface area contributed by atoms with Gasteiger partial charge in [0.15, 0.2) is 0 Å². The smallest absolute Gasteiger partial charge is 0.319 e. The zero-order valence-electron chi connectivity index (χ0n) is 12.9. The average molecular weight is 311 g/mol. The molecule has 0 aliphatic carbocycles. The summed E-state index contributed by atoms with van der Waals surface area (Å²) in [5.74, 6) is 2.13. The second kappa shape index (κ2) is 6.35. The Balaban J connectivity index is 1.75. The number of furan rings is 1. The molecular weight excluding hydrogens is 294 g/mol. The number of anilines is 1. The highest BCUT2D eigenvalue weighted by atomic mass is 16.3. The molecule has 2 heterocycles. The van der Waals surface area contributed by atoms with E-state index in [1.807, 2.05) is 38.1 Å². The molecule has 0 spiro atoms. The molecule has 0 aliphatic heterocycles. The van der Waals surface area contributed by atoms with E-state index in [4.69, 9.17) is 4.42 Å².